The second-order valence-corrected chi connectivity index (χ2v) is 4.44. The molecule has 0 saturated heterocycles. The van der Waals surface area contributed by atoms with E-state index in [2.05, 4.69) is 48.4 Å². The average molecular weight is 228 g/mol. The maximum absolute atomic E-state index is 2.34. The van der Waals surface area contributed by atoms with Gasteiger partial charge in [-0.15, -0.1) is 24.2 Å². The Kier molecular flexibility index (Phi) is 4.36. The summed E-state index contributed by atoms with van der Waals surface area (Å²) in [6.07, 6.45) is 2.23. The third-order valence-electron chi connectivity index (χ3n) is 2.05. The zero-order valence-corrected chi connectivity index (χ0v) is 9.78. The minimum Gasteiger partial charge on any atom is -0.363 e. The molecule has 1 nitrogen and oxygen atoms in total. The van der Waals surface area contributed by atoms with E-state index in [0.717, 1.165) is 12.4 Å². The van der Waals surface area contributed by atoms with Crippen LogP contribution in [0.15, 0.2) is 41.4 Å². The van der Waals surface area contributed by atoms with Gasteiger partial charge in [0.05, 0.1) is 5.88 Å². The van der Waals surface area contributed by atoms with Crippen molar-refractivity contribution in [2.75, 3.05) is 5.88 Å². The maximum Gasteiger partial charge on any atom is 0.0681 e. The summed E-state index contributed by atoms with van der Waals surface area (Å²) in [6.45, 7) is 3.20. The molecule has 1 aromatic rings. The smallest absolute Gasteiger partial charge is 0.0681 e. The number of benzene rings is 1. The number of nitrogens with zero attached hydrogens (tertiary/aromatic N) is 1. The highest BCUT2D eigenvalue weighted by Gasteiger charge is 2.08. The van der Waals surface area contributed by atoms with Crippen molar-refractivity contribution in [3.63, 3.8) is 0 Å². The van der Waals surface area contributed by atoms with E-state index in [-0.39, 0.29) is 12.4 Å². The molecule has 14 heavy (non-hydrogen) atoms. The Morgan fingerprint density at radius 3 is 2.57 bits per heavy atom. The predicted octanol–water partition coefficient (Wildman–Crippen LogP) is 3.48. The van der Waals surface area contributed by atoms with Gasteiger partial charge in [-0.1, -0.05) is 30.3 Å². The van der Waals surface area contributed by atoms with Crippen molar-refractivity contribution in [3.05, 3.63) is 47.0 Å². The van der Waals surface area contributed by atoms with Crippen molar-refractivity contribution in [3.8, 4) is 0 Å². The van der Waals surface area contributed by atoms with Gasteiger partial charge in [0, 0.05) is 12.7 Å². The Morgan fingerprint density at radius 2 is 2.00 bits per heavy atom. The Labute approximate surface area is 95.6 Å². The van der Waals surface area contributed by atoms with Crippen LogP contribution >= 0.6 is 24.2 Å². The summed E-state index contributed by atoms with van der Waals surface area (Å²) < 4.78 is 0. The molecule has 3 heteroatoms. The van der Waals surface area contributed by atoms with E-state index in [9.17, 15) is 0 Å². The van der Waals surface area contributed by atoms with Crippen molar-refractivity contribution in [2.45, 2.75) is 13.5 Å². The van der Waals surface area contributed by atoms with Crippen LogP contribution in [0, 0.1) is 0 Å². The van der Waals surface area contributed by atoms with E-state index < -0.39 is 0 Å². The van der Waals surface area contributed by atoms with Crippen LogP contribution in [0.1, 0.15) is 12.5 Å². The molecule has 0 N–H and O–H groups in total. The summed E-state index contributed by atoms with van der Waals surface area (Å²) in [5.74, 6) is 1.10. The van der Waals surface area contributed by atoms with Crippen molar-refractivity contribution >= 4 is 24.2 Å². The number of rotatable bonds is 2. The number of hydrogen-bond acceptors (Lipinski definition) is 2. The van der Waals surface area contributed by atoms with Gasteiger partial charge in [-0.25, -0.2) is 0 Å². The molecule has 0 atom stereocenters. The largest absolute Gasteiger partial charge is 0.363 e. The number of halogens is 1. The third kappa shape index (κ3) is 2.96. The summed E-state index contributed by atoms with van der Waals surface area (Å²) in [4.78, 5) is 3.76. The van der Waals surface area contributed by atoms with E-state index >= 15 is 0 Å². The van der Waals surface area contributed by atoms with Gasteiger partial charge in [0.15, 0.2) is 0 Å². The topological polar surface area (TPSA) is 3.24 Å². The molecule has 0 aromatic heterocycles. The van der Waals surface area contributed by atoms with Crippen molar-refractivity contribution < 1.29 is 0 Å². The lowest BCUT2D eigenvalue weighted by atomic mass is 10.2. The number of thioether (sulfide) groups is 1. The molecule has 0 fully saturated rings. The molecule has 0 saturated carbocycles. The molecule has 1 aromatic carbocycles. The minimum atomic E-state index is 0. The van der Waals surface area contributed by atoms with Crippen molar-refractivity contribution in [1.82, 2.24) is 4.90 Å². The van der Waals surface area contributed by atoms with Gasteiger partial charge in [-0.2, -0.15) is 0 Å². The Hall–Kier alpha value is -0.600. The fourth-order valence-electron chi connectivity index (χ4n) is 1.43. The lowest BCUT2D eigenvalue weighted by Gasteiger charge is -2.13. The lowest BCUT2D eigenvalue weighted by Crippen LogP contribution is -2.11. The first-order valence-corrected chi connectivity index (χ1v) is 5.42. The monoisotopic (exact) mass is 227 g/mol. The van der Waals surface area contributed by atoms with Gasteiger partial charge in [0.2, 0.25) is 0 Å². The fraction of sp³-hybridized carbons (Fsp3) is 0.273. The van der Waals surface area contributed by atoms with E-state index in [1.165, 1.54) is 10.5 Å². The van der Waals surface area contributed by atoms with Crippen molar-refractivity contribution in [1.29, 1.82) is 0 Å². The molecule has 1 aliphatic heterocycles. The summed E-state index contributed by atoms with van der Waals surface area (Å²) >= 11 is 1.91. The van der Waals surface area contributed by atoms with Crippen LogP contribution in [0.25, 0.3) is 0 Å². The van der Waals surface area contributed by atoms with Gasteiger partial charge >= 0.3 is 0 Å². The zero-order chi connectivity index (χ0) is 9.10. The van der Waals surface area contributed by atoms with Crippen LogP contribution in [-0.2, 0) is 6.54 Å². The van der Waals surface area contributed by atoms with E-state index in [0.29, 0.717) is 0 Å². The SMILES string of the molecule is CC1=CN(Cc2ccccc2)CS1.Cl. The standard InChI is InChI=1S/C11H13NS.ClH/c1-10-7-12(9-13-10)8-11-5-3-2-4-6-11;/h2-7H,8-9H2,1H3;1H. The maximum atomic E-state index is 2.34. The van der Waals surface area contributed by atoms with Gasteiger partial charge in [-0.05, 0) is 17.4 Å². The number of hydrogen-bond donors (Lipinski definition) is 0. The summed E-state index contributed by atoms with van der Waals surface area (Å²) in [7, 11) is 0. The van der Waals surface area contributed by atoms with Crippen LogP contribution < -0.4 is 0 Å². The molecule has 1 heterocycles. The summed E-state index contributed by atoms with van der Waals surface area (Å²) in [5, 5.41) is 0. The fourth-order valence-corrected chi connectivity index (χ4v) is 2.18. The summed E-state index contributed by atoms with van der Waals surface area (Å²) in [6, 6.07) is 10.6. The van der Waals surface area contributed by atoms with E-state index in [1.54, 1.807) is 0 Å². The Bertz CT molecular complexity index is 310. The first-order chi connectivity index (χ1) is 6.34. The molecule has 2 rings (SSSR count). The van der Waals surface area contributed by atoms with Crippen LogP contribution in [-0.4, -0.2) is 10.8 Å². The molecule has 0 aliphatic carbocycles. The quantitative estimate of drug-likeness (QED) is 0.761. The molecule has 0 spiro atoms. The molecular weight excluding hydrogens is 214 g/mol. The third-order valence-corrected chi connectivity index (χ3v) is 3.07. The van der Waals surface area contributed by atoms with E-state index in [1.807, 2.05) is 11.8 Å². The molecule has 0 radical (unpaired) electrons. The van der Waals surface area contributed by atoms with Gasteiger partial charge in [-0.3, -0.25) is 0 Å². The van der Waals surface area contributed by atoms with Gasteiger partial charge in [0.1, 0.15) is 0 Å². The Balaban J connectivity index is 0.000000980. The second kappa shape index (κ2) is 5.32. The average Bonchev–Trinajstić information content (AvgIpc) is 2.53. The molecule has 1 aliphatic rings. The first-order valence-electron chi connectivity index (χ1n) is 4.44. The lowest BCUT2D eigenvalue weighted by molar-refractivity contribution is 0.440. The zero-order valence-electron chi connectivity index (χ0n) is 8.14. The summed E-state index contributed by atoms with van der Waals surface area (Å²) in [5.41, 5.74) is 1.38. The van der Waals surface area contributed by atoms with Gasteiger partial charge < -0.3 is 4.90 Å². The van der Waals surface area contributed by atoms with Crippen LogP contribution in [0.5, 0.6) is 0 Å². The van der Waals surface area contributed by atoms with Crippen LogP contribution in [0.4, 0.5) is 0 Å². The molecular formula is C11H14ClNS. The predicted molar refractivity (Wildman–Crippen MR) is 65.4 cm³/mol. The highest BCUT2D eigenvalue weighted by Crippen LogP contribution is 2.25. The number of allylic oxidation sites excluding steroid dienone is 1. The van der Waals surface area contributed by atoms with Gasteiger partial charge in [0.25, 0.3) is 0 Å². The second-order valence-electron chi connectivity index (χ2n) is 3.25. The Morgan fingerprint density at radius 1 is 1.29 bits per heavy atom. The highest BCUT2D eigenvalue weighted by molar-refractivity contribution is 8.03. The molecule has 0 unspecified atom stereocenters. The van der Waals surface area contributed by atoms with Crippen molar-refractivity contribution in [2.24, 2.45) is 0 Å². The highest BCUT2D eigenvalue weighted by atomic mass is 35.5. The van der Waals surface area contributed by atoms with Crippen LogP contribution in [0.3, 0.4) is 0 Å². The molecule has 0 amide bonds. The van der Waals surface area contributed by atoms with E-state index in [4.69, 9.17) is 0 Å². The minimum absolute atomic E-state index is 0. The van der Waals surface area contributed by atoms with Crippen LogP contribution in [0.2, 0.25) is 0 Å². The normalized spacial score (nSPS) is 14.9. The molecule has 76 valence electrons. The first kappa shape index (κ1) is 11.5. The molecule has 0 bridgehead atoms.